The largest absolute Gasteiger partial charge is 0.383 e. The molecule has 0 aliphatic rings. The van der Waals surface area contributed by atoms with Crippen molar-refractivity contribution in [2.75, 3.05) is 0 Å². The van der Waals surface area contributed by atoms with E-state index in [1.807, 2.05) is 6.07 Å². The number of benzene rings is 1. The van der Waals surface area contributed by atoms with E-state index in [1.165, 1.54) is 15.6 Å². The number of halogens is 1. The van der Waals surface area contributed by atoms with Crippen LogP contribution < -0.4 is 5.73 Å². The van der Waals surface area contributed by atoms with Crippen LogP contribution in [-0.4, -0.2) is 5.84 Å². The highest BCUT2D eigenvalue weighted by molar-refractivity contribution is 7.20. The fraction of sp³-hybridized carbons (Fsp3) is 0.182. The maximum absolute atomic E-state index is 7.35. The second kappa shape index (κ2) is 4.64. The van der Waals surface area contributed by atoms with Gasteiger partial charge in [-0.25, -0.2) is 0 Å². The Hall–Kier alpha value is -1.06. The Labute approximate surface area is 99.0 Å². The van der Waals surface area contributed by atoms with Crippen LogP contribution in [0, 0.1) is 5.41 Å². The Bertz CT molecular complexity index is 490. The molecule has 1 heterocycles. The summed E-state index contributed by atoms with van der Waals surface area (Å²) in [5.41, 5.74) is 6.77. The third-order valence-corrected chi connectivity index (χ3v) is 3.40. The summed E-state index contributed by atoms with van der Waals surface area (Å²) < 4.78 is 1.20. The minimum Gasteiger partial charge on any atom is -0.383 e. The lowest BCUT2D eigenvalue weighted by atomic mass is 10.1. The first-order valence-electron chi connectivity index (χ1n) is 4.57. The van der Waals surface area contributed by atoms with Crippen molar-refractivity contribution in [1.82, 2.24) is 0 Å². The summed E-state index contributed by atoms with van der Waals surface area (Å²) in [4.78, 5) is 0.855. The Morgan fingerprint density at radius 1 is 1.40 bits per heavy atom. The van der Waals surface area contributed by atoms with Gasteiger partial charge in [0.05, 0.1) is 4.88 Å². The van der Waals surface area contributed by atoms with E-state index in [4.69, 9.17) is 11.1 Å². The molecular formula is C11H13ClN2S. The molecule has 0 aliphatic heterocycles. The summed E-state index contributed by atoms with van der Waals surface area (Å²) in [6.07, 6.45) is 1.04. The molecule has 0 unspecified atom stereocenters. The maximum atomic E-state index is 7.35. The van der Waals surface area contributed by atoms with Gasteiger partial charge >= 0.3 is 0 Å². The first-order chi connectivity index (χ1) is 6.70. The minimum atomic E-state index is 0. The van der Waals surface area contributed by atoms with Gasteiger partial charge in [-0.05, 0) is 29.5 Å². The highest BCUT2D eigenvalue weighted by atomic mass is 35.5. The summed E-state index contributed by atoms with van der Waals surface area (Å²) in [7, 11) is 0. The van der Waals surface area contributed by atoms with Crippen LogP contribution in [0.4, 0.5) is 0 Å². The summed E-state index contributed by atoms with van der Waals surface area (Å²) in [5.74, 6) is 0.157. The van der Waals surface area contributed by atoms with Crippen molar-refractivity contribution >= 4 is 39.7 Å². The number of hydrogen-bond acceptors (Lipinski definition) is 2. The van der Waals surface area contributed by atoms with Gasteiger partial charge in [0, 0.05) is 4.70 Å². The molecule has 80 valence electrons. The van der Waals surface area contributed by atoms with Crippen LogP contribution in [0.1, 0.15) is 17.4 Å². The number of hydrogen-bond donors (Lipinski definition) is 2. The van der Waals surface area contributed by atoms with Gasteiger partial charge in [-0.2, -0.15) is 0 Å². The Balaban J connectivity index is 0.00000112. The molecule has 0 radical (unpaired) electrons. The molecule has 3 N–H and O–H groups in total. The van der Waals surface area contributed by atoms with E-state index >= 15 is 0 Å². The van der Waals surface area contributed by atoms with E-state index in [9.17, 15) is 0 Å². The van der Waals surface area contributed by atoms with E-state index < -0.39 is 0 Å². The van der Waals surface area contributed by atoms with Crippen molar-refractivity contribution < 1.29 is 0 Å². The minimum absolute atomic E-state index is 0. The summed E-state index contributed by atoms with van der Waals surface area (Å²) >= 11 is 1.58. The standard InChI is InChI=1S/C11H12N2S.ClH/c1-2-7-3-4-9-8(5-7)6-10(14-9)11(12)13;/h3-6H,2H2,1H3,(H3,12,13);1H. The van der Waals surface area contributed by atoms with Gasteiger partial charge in [-0.3, -0.25) is 5.41 Å². The third-order valence-electron chi connectivity index (χ3n) is 2.25. The van der Waals surface area contributed by atoms with Crippen molar-refractivity contribution in [1.29, 1.82) is 5.41 Å². The number of nitrogens with one attached hydrogen (secondary N) is 1. The number of amidine groups is 1. The molecule has 0 spiro atoms. The molecule has 0 bridgehead atoms. The zero-order chi connectivity index (χ0) is 10.1. The van der Waals surface area contributed by atoms with Crippen molar-refractivity contribution in [3.05, 3.63) is 34.7 Å². The number of nitrogen functional groups attached to an aromatic ring is 1. The predicted molar refractivity (Wildman–Crippen MR) is 69.5 cm³/mol. The van der Waals surface area contributed by atoms with Gasteiger partial charge in [-0.1, -0.05) is 19.1 Å². The highest BCUT2D eigenvalue weighted by Crippen LogP contribution is 2.26. The molecule has 0 atom stereocenters. The number of nitrogens with two attached hydrogens (primary N) is 1. The molecule has 4 heteroatoms. The summed E-state index contributed by atoms with van der Waals surface area (Å²) in [6, 6.07) is 8.38. The van der Waals surface area contributed by atoms with Crippen molar-refractivity contribution in [3.63, 3.8) is 0 Å². The van der Waals surface area contributed by atoms with Crippen LogP contribution in [0.25, 0.3) is 10.1 Å². The first kappa shape index (κ1) is 12.0. The van der Waals surface area contributed by atoms with Gasteiger partial charge in [0.15, 0.2) is 0 Å². The van der Waals surface area contributed by atoms with E-state index in [2.05, 4.69) is 25.1 Å². The van der Waals surface area contributed by atoms with E-state index in [1.54, 1.807) is 11.3 Å². The maximum Gasteiger partial charge on any atom is 0.133 e. The summed E-state index contributed by atoms with van der Waals surface area (Å²) in [6.45, 7) is 2.14. The predicted octanol–water partition coefficient (Wildman–Crippen LogP) is 3.17. The molecule has 0 amide bonds. The molecule has 1 aromatic carbocycles. The number of fused-ring (bicyclic) bond motifs is 1. The average Bonchev–Trinajstić information content (AvgIpc) is 2.59. The van der Waals surface area contributed by atoms with Crippen LogP contribution in [0.2, 0.25) is 0 Å². The van der Waals surface area contributed by atoms with E-state index in [0.29, 0.717) is 0 Å². The number of aryl methyl sites for hydroxylation is 1. The number of rotatable bonds is 2. The molecule has 15 heavy (non-hydrogen) atoms. The lowest BCUT2D eigenvalue weighted by Gasteiger charge is -1.94. The molecule has 0 aliphatic carbocycles. The Morgan fingerprint density at radius 2 is 2.13 bits per heavy atom. The van der Waals surface area contributed by atoms with Gasteiger partial charge in [0.1, 0.15) is 5.84 Å². The van der Waals surface area contributed by atoms with Gasteiger partial charge in [0.2, 0.25) is 0 Å². The summed E-state index contributed by atoms with van der Waals surface area (Å²) in [5, 5.41) is 8.55. The fourth-order valence-corrected chi connectivity index (χ4v) is 2.35. The normalized spacial score (nSPS) is 9.93. The zero-order valence-corrected chi connectivity index (χ0v) is 10.0. The van der Waals surface area contributed by atoms with E-state index in [-0.39, 0.29) is 18.2 Å². The van der Waals surface area contributed by atoms with Gasteiger partial charge in [0.25, 0.3) is 0 Å². The first-order valence-corrected chi connectivity index (χ1v) is 5.39. The second-order valence-corrected chi connectivity index (χ2v) is 4.33. The smallest absolute Gasteiger partial charge is 0.133 e. The molecule has 0 saturated heterocycles. The molecule has 2 rings (SSSR count). The van der Waals surface area contributed by atoms with Gasteiger partial charge < -0.3 is 5.73 Å². The lowest BCUT2D eigenvalue weighted by Crippen LogP contribution is -2.08. The van der Waals surface area contributed by atoms with Crippen molar-refractivity contribution in [3.8, 4) is 0 Å². The molecule has 2 aromatic rings. The molecular weight excluding hydrogens is 228 g/mol. The number of thiophene rings is 1. The topological polar surface area (TPSA) is 49.9 Å². The van der Waals surface area contributed by atoms with Crippen LogP contribution in [-0.2, 0) is 6.42 Å². The highest BCUT2D eigenvalue weighted by Gasteiger charge is 2.03. The lowest BCUT2D eigenvalue weighted by molar-refractivity contribution is 1.15. The van der Waals surface area contributed by atoms with Gasteiger partial charge in [-0.15, -0.1) is 23.7 Å². The van der Waals surface area contributed by atoms with Crippen LogP contribution >= 0.6 is 23.7 Å². The quantitative estimate of drug-likeness (QED) is 0.615. The molecule has 0 fully saturated rings. The Morgan fingerprint density at radius 3 is 2.73 bits per heavy atom. The van der Waals surface area contributed by atoms with E-state index in [0.717, 1.165) is 11.3 Å². The average molecular weight is 241 g/mol. The second-order valence-electron chi connectivity index (χ2n) is 3.25. The van der Waals surface area contributed by atoms with Crippen molar-refractivity contribution in [2.24, 2.45) is 5.73 Å². The SMILES string of the molecule is CCc1ccc2sc(C(=N)N)cc2c1.Cl. The zero-order valence-electron chi connectivity index (χ0n) is 8.41. The van der Waals surface area contributed by atoms with Crippen LogP contribution in [0.3, 0.4) is 0 Å². The van der Waals surface area contributed by atoms with Crippen molar-refractivity contribution in [2.45, 2.75) is 13.3 Å². The monoisotopic (exact) mass is 240 g/mol. The molecule has 2 nitrogen and oxygen atoms in total. The molecule has 0 saturated carbocycles. The molecule has 1 aromatic heterocycles. The van der Waals surface area contributed by atoms with Crippen LogP contribution in [0.5, 0.6) is 0 Å². The van der Waals surface area contributed by atoms with Crippen LogP contribution in [0.15, 0.2) is 24.3 Å². The Kier molecular flexibility index (Phi) is 3.72. The fourth-order valence-electron chi connectivity index (χ4n) is 1.45. The third kappa shape index (κ3) is 2.30.